The molecule has 0 aliphatic heterocycles. The van der Waals surface area contributed by atoms with Crippen LogP contribution in [-0.2, 0) is 28.6 Å². The van der Waals surface area contributed by atoms with Crippen LogP contribution in [0.15, 0.2) is 158 Å². The fourth-order valence-electron chi connectivity index (χ4n) is 8.80. The second-order valence-electron chi connectivity index (χ2n) is 21.6. The van der Waals surface area contributed by atoms with Crippen LogP contribution >= 0.6 is 0 Å². The molecule has 0 radical (unpaired) electrons. The number of ether oxygens (including phenoxy) is 3. The summed E-state index contributed by atoms with van der Waals surface area (Å²) in [7, 11) is 0. The zero-order valence-corrected chi connectivity index (χ0v) is 52.9. The number of hydrogen-bond donors (Lipinski definition) is 0. The molecule has 0 N–H and O–H groups in total. The second kappa shape index (κ2) is 68.5. The highest BCUT2D eigenvalue weighted by atomic mass is 16.6. The van der Waals surface area contributed by atoms with Crippen LogP contribution in [0.3, 0.4) is 0 Å². The minimum atomic E-state index is -0.797. The number of hydrogen-bond acceptors (Lipinski definition) is 6. The molecule has 1 atom stereocenters. The lowest BCUT2D eigenvalue weighted by Crippen LogP contribution is -2.30. The first-order chi connectivity index (χ1) is 40.5. The van der Waals surface area contributed by atoms with E-state index >= 15 is 0 Å². The summed E-state index contributed by atoms with van der Waals surface area (Å²) in [5, 5.41) is 0. The van der Waals surface area contributed by atoms with E-state index in [0.29, 0.717) is 19.3 Å². The standard InChI is InChI=1S/C76H122O6/c1-4-7-10-13-16-19-22-24-26-28-30-31-32-33-34-35-36-37-38-39-40-41-42-43-44-45-47-48-50-52-54-57-60-63-66-69-75(78)81-72-73(71-80-74(77)68-65-62-59-56-21-18-15-12-9-6-3)82-76(79)70-67-64-61-58-55-53-51-49-46-29-27-25-23-20-17-14-11-8-5-2/h7-8,10-12,15-17,19-20,24-27,30-31,33-34,36-37,39-40,42-43,46,49,73H,4-6,9,13-14,18,21-23,28-29,32,35,38,41,44-45,47-48,50-72H2,1-3H3/b10-7-,11-8-,15-12-,19-16-,20-17-,26-24-,27-25-,31-30-,34-33-,37-36-,40-39-,43-42-,49-46-. The highest BCUT2D eigenvalue weighted by Crippen LogP contribution is 2.15. The smallest absolute Gasteiger partial charge is 0.306 e. The summed E-state index contributed by atoms with van der Waals surface area (Å²) >= 11 is 0. The lowest BCUT2D eigenvalue weighted by Gasteiger charge is -2.18. The van der Waals surface area contributed by atoms with Gasteiger partial charge in [-0.25, -0.2) is 0 Å². The number of rotatable bonds is 59. The molecule has 6 nitrogen and oxygen atoms in total. The van der Waals surface area contributed by atoms with E-state index in [0.717, 1.165) is 173 Å². The van der Waals surface area contributed by atoms with E-state index in [1.165, 1.54) is 70.6 Å². The Labute approximate surface area is 505 Å². The zero-order chi connectivity index (χ0) is 59.2. The Morgan fingerprint density at radius 3 is 0.756 bits per heavy atom. The first-order valence-electron chi connectivity index (χ1n) is 33.5. The van der Waals surface area contributed by atoms with Gasteiger partial charge in [-0.1, -0.05) is 281 Å². The number of carbonyl (C=O) groups excluding carboxylic acids is 3. The fraction of sp³-hybridized carbons (Fsp3) is 0.618. The molecule has 0 rings (SSSR count). The molecule has 462 valence electrons. The molecule has 6 heteroatoms. The number of allylic oxidation sites excluding steroid dienone is 26. The third kappa shape index (κ3) is 65.8. The van der Waals surface area contributed by atoms with E-state index in [4.69, 9.17) is 14.2 Å². The Bertz CT molecular complexity index is 1830. The van der Waals surface area contributed by atoms with E-state index in [2.05, 4.69) is 179 Å². The van der Waals surface area contributed by atoms with Crippen molar-refractivity contribution in [2.24, 2.45) is 0 Å². The second-order valence-corrected chi connectivity index (χ2v) is 21.6. The van der Waals surface area contributed by atoms with Crippen LogP contribution in [0.4, 0.5) is 0 Å². The van der Waals surface area contributed by atoms with E-state index in [1.807, 2.05) is 0 Å². The SMILES string of the molecule is CC/C=C\C/C=C\C/C=C\C/C=C\C/C=C\C/C=C\C/C=C\C/C=C\CCCCCCCCCCCCC(=O)OCC(COC(=O)CCCCCCC/C=C\CCC)OC(=O)CCCCCCCC/C=C\C/C=C\C/C=C\C/C=C\CC. The first kappa shape index (κ1) is 77.0. The summed E-state index contributed by atoms with van der Waals surface area (Å²) in [6.45, 7) is 6.33. The Kier molecular flexibility index (Phi) is 64.4. The number of esters is 3. The fourth-order valence-corrected chi connectivity index (χ4v) is 8.80. The summed E-state index contributed by atoms with van der Waals surface area (Å²) in [5.41, 5.74) is 0. The Morgan fingerprint density at radius 2 is 0.476 bits per heavy atom. The van der Waals surface area contributed by atoms with E-state index < -0.39 is 6.10 Å². The van der Waals surface area contributed by atoms with Crippen molar-refractivity contribution < 1.29 is 28.6 Å². The average Bonchev–Trinajstić information content (AvgIpc) is 3.48. The van der Waals surface area contributed by atoms with Gasteiger partial charge in [-0.05, 0) is 141 Å². The van der Waals surface area contributed by atoms with Crippen molar-refractivity contribution in [2.45, 2.75) is 290 Å². The van der Waals surface area contributed by atoms with Crippen molar-refractivity contribution in [3.8, 4) is 0 Å². The maximum atomic E-state index is 12.9. The molecule has 82 heavy (non-hydrogen) atoms. The lowest BCUT2D eigenvalue weighted by atomic mass is 10.1. The Balaban J connectivity index is 4.23. The van der Waals surface area contributed by atoms with E-state index in [1.54, 1.807) is 0 Å². The summed E-state index contributed by atoms with van der Waals surface area (Å²) < 4.78 is 16.9. The maximum Gasteiger partial charge on any atom is 0.306 e. The summed E-state index contributed by atoms with van der Waals surface area (Å²) in [5.74, 6) is -0.923. The summed E-state index contributed by atoms with van der Waals surface area (Å²) in [6, 6.07) is 0. The van der Waals surface area contributed by atoms with Gasteiger partial charge in [0, 0.05) is 19.3 Å². The highest BCUT2D eigenvalue weighted by Gasteiger charge is 2.19. The van der Waals surface area contributed by atoms with Gasteiger partial charge in [-0.15, -0.1) is 0 Å². The van der Waals surface area contributed by atoms with Crippen LogP contribution in [0, 0.1) is 0 Å². The van der Waals surface area contributed by atoms with Gasteiger partial charge in [-0.2, -0.15) is 0 Å². The van der Waals surface area contributed by atoms with Gasteiger partial charge in [0.1, 0.15) is 13.2 Å². The van der Waals surface area contributed by atoms with Crippen molar-refractivity contribution in [3.63, 3.8) is 0 Å². The quantitative estimate of drug-likeness (QED) is 0.0261. The molecule has 0 heterocycles. The third-order valence-electron chi connectivity index (χ3n) is 13.7. The van der Waals surface area contributed by atoms with Crippen molar-refractivity contribution >= 4 is 17.9 Å². The Morgan fingerprint density at radius 1 is 0.256 bits per heavy atom. The molecular weight excluding hydrogens is 1010 g/mol. The molecule has 0 amide bonds. The van der Waals surface area contributed by atoms with E-state index in [-0.39, 0.29) is 31.1 Å². The molecule has 0 saturated heterocycles. The highest BCUT2D eigenvalue weighted by molar-refractivity contribution is 5.71. The molecule has 0 bridgehead atoms. The molecule has 0 aromatic heterocycles. The number of carbonyl (C=O) groups is 3. The predicted octanol–water partition coefficient (Wildman–Crippen LogP) is 23.3. The normalized spacial score (nSPS) is 13.2. The molecule has 0 spiro atoms. The minimum Gasteiger partial charge on any atom is -0.462 e. The minimum absolute atomic E-state index is 0.0935. The third-order valence-corrected chi connectivity index (χ3v) is 13.7. The van der Waals surface area contributed by atoms with Crippen molar-refractivity contribution in [1.82, 2.24) is 0 Å². The average molecular weight is 1130 g/mol. The molecule has 0 saturated carbocycles. The van der Waals surface area contributed by atoms with Crippen LogP contribution < -0.4 is 0 Å². The van der Waals surface area contributed by atoms with Gasteiger partial charge >= 0.3 is 17.9 Å². The van der Waals surface area contributed by atoms with Gasteiger partial charge in [-0.3, -0.25) is 14.4 Å². The maximum absolute atomic E-state index is 12.9. The van der Waals surface area contributed by atoms with Crippen molar-refractivity contribution in [2.75, 3.05) is 13.2 Å². The predicted molar refractivity (Wildman–Crippen MR) is 357 cm³/mol. The van der Waals surface area contributed by atoms with Crippen LogP contribution in [0.2, 0.25) is 0 Å². The molecule has 0 fully saturated rings. The molecule has 0 aromatic rings. The van der Waals surface area contributed by atoms with Gasteiger partial charge in [0.15, 0.2) is 6.10 Å². The van der Waals surface area contributed by atoms with Crippen LogP contribution in [0.1, 0.15) is 284 Å². The van der Waals surface area contributed by atoms with Crippen LogP contribution in [-0.4, -0.2) is 37.2 Å². The largest absolute Gasteiger partial charge is 0.462 e. The Hall–Kier alpha value is -4.97. The monoisotopic (exact) mass is 1130 g/mol. The molecule has 0 aliphatic rings. The van der Waals surface area contributed by atoms with Gasteiger partial charge in [0.25, 0.3) is 0 Å². The zero-order valence-electron chi connectivity index (χ0n) is 52.9. The van der Waals surface area contributed by atoms with Crippen molar-refractivity contribution in [3.05, 3.63) is 158 Å². The molecule has 0 aliphatic carbocycles. The lowest BCUT2D eigenvalue weighted by molar-refractivity contribution is -0.167. The van der Waals surface area contributed by atoms with E-state index in [9.17, 15) is 14.4 Å². The topological polar surface area (TPSA) is 78.9 Å². The van der Waals surface area contributed by atoms with Gasteiger partial charge in [0.05, 0.1) is 0 Å². The van der Waals surface area contributed by atoms with Gasteiger partial charge < -0.3 is 14.2 Å². The first-order valence-corrected chi connectivity index (χ1v) is 33.5. The van der Waals surface area contributed by atoms with Gasteiger partial charge in [0.2, 0.25) is 0 Å². The summed E-state index contributed by atoms with van der Waals surface area (Å²) in [4.78, 5) is 38.2. The summed E-state index contributed by atoms with van der Waals surface area (Å²) in [6.07, 6.45) is 99.8. The molecular formula is C76H122O6. The number of unbranched alkanes of at least 4 members (excludes halogenated alkanes) is 22. The molecule has 1 unspecified atom stereocenters. The van der Waals surface area contributed by atoms with Crippen LogP contribution in [0.5, 0.6) is 0 Å². The molecule has 0 aromatic carbocycles. The van der Waals surface area contributed by atoms with Crippen molar-refractivity contribution in [1.29, 1.82) is 0 Å². The van der Waals surface area contributed by atoms with Crippen LogP contribution in [0.25, 0.3) is 0 Å².